The van der Waals surface area contributed by atoms with Crippen molar-refractivity contribution in [2.75, 3.05) is 20.3 Å². The predicted octanol–water partition coefficient (Wildman–Crippen LogP) is 5.38. The van der Waals surface area contributed by atoms with Crippen molar-refractivity contribution in [2.45, 2.75) is 58.8 Å². The third-order valence-electron chi connectivity index (χ3n) is 10.8. The molecule has 0 fully saturated rings. The summed E-state index contributed by atoms with van der Waals surface area (Å²) in [6, 6.07) is 7.46. The molecule has 2 atom stereocenters. The zero-order chi connectivity index (χ0) is 38.4. The fourth-order valence-electron chi connectivity index (χ4n) is 7.85. The Labute approximate surface area is 306 Å². The van der Waals surface area contributed by atoms with Gasteiger partial charge in [0.15, 0.2) is 11.6 Å². The number of aryl methyl sites for hydroxylation is 2. The molecule has 0 saturated carbocycles. The van der Waals surface area contributed by atoms with E-state index < -0.39 is 42.1 Å². The smallest absolute Gasteiger partial charge is 0.305 e. The van der Waals surface area contributed by atoms with Crippen LogP contribution in [0.5, 0.6) is 0 Å². The molecule has 0 aromatic carbocycles. The van der Waals surface area contributed by atoms with Crippen LogP contribution in [0, 0.1) is 12.8 Å². The summed E-state index contributed by atoms with van der Waals surface area (Å²) in [5.41, 5.74) is 9.32. The Balaban J connectivity index is 1.76. The number of aliphatic hydroxyl groups is 2. The number of carboxylic acids is 1. The molecule has 0 spiro atoms. The van der Waals surface area contributed by atoms with Crippen molar-refractivity contribution in [1.82, 2.24) is 19.9 Å². The van der Waals surface area contributed by atoms with Crippen LogP contribution in [0.3, 0.4) is 0 Å². The van der Waals surface area contributed by atoms with Gasteiger partial charge in [0, 0.05) is 51.8 Å². The fraction of sp³-hybridized carbons (Fsp3) is 0.317. The monoisotopic (exact) mass is 718 g/mol. The lowest BCUT2D eigenvalue weighted by Gasteiger charge is -2.38. The van der Waals surface area contributed by atoms with E-state index in [1.807, 2.05) is 45.9 Å². The number of rotatable bonds is 11. The third-order valence-corrected chi connectivity index (χ3v) is 10.8. The van der Waals surface area contributed by atoms with Gasteiger partial charge in [0.05, 0.1) is 35.8 Å². The number of nitrogens with zero attached hydrogens (tertiary/aromatic N) is 2. The van der Waals surface area contributed by atoms with Gasteiger partial charge >= 0.3 is 11.9 Å². The number of carbonyl (C=O) groups excluding carboxylic acids is 3. The van der Waals surface area contributed by atoms with Crippen molar-refractivity contribution < 1.29 is 39.2 Å². The zero-order valence-electron chi connectivity index (χ0n) is 30.3. The second-order valence-corrected chi connectivity index (χ2v) is 13.7. The standard InChI is InChI=1S/C41H42N4O8/c1-7-23-20(2)29-15-34-27-11-8-26(35(48)18-46)40(36(49)19-47)41(27,5)37(45-34)17-30-22(4)24(9-12-38(50)51)32(44-30)16-33-25(10-13-39(52)53-6)21(3)28(43-33)14-31(23)42-29/h7-8,11,14-17,40,43,45-47H,1,9-10,12-13,18-19H2,2-6H3,(H,50,51)/t40-,41+/m1/s1. The average molecular weight is 719 g/mol. The SMILES string of the molecule is C=CC1=C(C)c2cc3[nH]c(cc4nc(cc5[nH]c(cc1n2)c(C)c5CCC(=O)OC)C(CCC(=O)O)=C4C)[C@]1(C)C3=CC=C(C(=O)CO)[C@@H]1C(=O)CO. The molecule has 8 bridgehead atoms. The zero-order valence-corrected chi connectivity index (χ0v) is 30.3. The summed E-state index contributed by atoms with van der Waals surface area (Å²) in [4.78, 5) is 67.8. The molecule has 0 amide bonds. The number of allylic oxidation sites excluding steroid dienone is 8. The number of hydrogen-bond acceptors (Lipinski definition) is 9. The first-order valence-electron chi connectivity index (χ1n) is 17.3. The van der Waals surface area contributed by atoms with Gasteiger partial charge in [-0.1, -0.05) is 24.8 Å². The third kappa shape index (κ3) is 6.38. The Morgan fingerprint density at radius 3 is 2.25 bits per heavy atom. The second kappa shape index (κ2) is 14.4. The van der Waals surface area contributed by atoms with Crippen molar-refractivity contribution in [2.24, 2.45) is 5.92 Å². The number of H-pyrrole nitrogens is 2. The molecular formula is C41H42N4O8. The Bertz CT molecular complexity index is 2320. The Kier molecular flexibility index (Phi) is 10.0. The largest absolute Gasteiger partial charge is 0.481 e. The molecule has 5 heterocycles. The molecule has 274 valence electrons. The summed E-state index contributed by atoms with van der Waals surface area (Å²) in [6.45, 7) is 9.99. The van der Waals surface area contributed by atoms with Gasteiger partial charge in [-0.05, 0) is 98.2 Å². The van der Waals surface area contributed by atoms with Gasteiger partial charge < -0.3 is 30.0 Å². The van der Waals surface area contributed by atoms with Gasteiger partial charge in [-0.25, -0.2) is 9.97 Å². The normalized spacial score (nSPS) is 18.6. The predicted molar refractivity (Wildman–Crippen MR) is 201 cm³/mol. The topological polar surface area (TPSA) is 196 Å². The molecule has 1 aliphatic carbocycles. The van der Waals surface area contributed by atoms with Crippen LogP contribution >= 0.6 is 0 Å². The Hall–Kier alpha value is -5.72. The van der Waals surface area contributed by atoms with Gasteiger partial charge in [-0.15, -0.1) is 0 Å². The maximum absolute atomic E-state index is 13.6. The molecule has 6 rings (SSSR count). The van der Waals surface area contributed by atoms with E-state index in [-0.39, 0.29) is 30.8 Å². The number of carbonyl (C=O) groups is 4. The number of ketones is 2. The van der Waals surface area contributed by atoms with E-state index in [9.17, 15) is 34.5 Å². The number of aromatic nitrogens is 4. The van der Waals surface area contributed by atoms with E-state index in [4.69, 9.17) is 14.7 Å². The van der Waals surface area contributed by atoms with E-state index in [1.54, 1.807) is 18.2 Å². The van der Waals surface area contributed by atoms with Crippen LogP contribution in [-0.2, 0) is 35.8 Å². The Morgan fingerprint density at radius 1 is 0.887 bits per heavy atom. The van der Waals surface area contributed by atoms with Crippen molar-refractivity contribution in [3.8, 4) is 0 Å². The quantitative estimate of drug-likeness (QED) is 0.188. The van der Waals surface area contributed by atoms with Gasteiger partial charge in [0.25, 0.3) is 0 Å². The number of nitrogens with one attached hydrogen (secondary N) is 2. The first kappa shape index (κ1) is 37.1. The second-order valence-electron chi connectivity index (χ2n) is 13.7. The summed E-state index contributed by atoms with van der Waals surface area (Å²) >= 11 is 0. The molecule has 0 unspecified atom stereocenters. The number of methoxy groups -OCH3 is 1. The van der Waals surface area contributed by atoms with Gasteiger partial charge in [-0.3, -0.25) is 19.2 Å². The van der Waals surface area contributed by atoms with Crippen LogP contribution in [-0.4, -0.2) is 79.1 Å². The van der Waals surface area contributed by atoms with Crippen LogP contribution in [0.15, 0.2) is 54.6 Å². The molecule has 2 aromatic heterocycles. The number of aliphatic carboxylic acids is 1. The molecule has 4 aliphatic rings. The number of ether oxygens (including phenoxy) is 1. The summed E-state index contributed by atoms with van der Waals surface area (Å²) in [7, 11) is 1.34. The fourth-order valence-corrected chi connectivity index (χ4v) is 7.85. The van der Waals surface area contributed by atoms with Crippen LogP contribution in [0.2, 0.25) is 0 Å². The van der Waals surface area contributed by atoms with Gasteiger partial charge in [0.1, 0.15) is 13.2 Å². The van der Waals surface area contributed by atoms with E-state index in [0.717, 1.165) is 33.4 Å². The summed E-state index contributed by atoms with van der Waals surface area (Å²) < 4.78 is 4.93. The molecule has 0 saturated heterocycles. The highest BCUT2D eigenvalue weighted by molar-refractivity contribution is 6.07. The minimum atomic E-state index is -1.21. The number of hydrogen-bond donors (Lipinski definition) is 5. The average Bonchev–Trinajstić information content (AvgIpc) is 3.79. The van der Waals surface area contributed by atoms with E-state index in [1.165, 1.54) is 13.2 Å². The van der Waals surface area contributed by atoms with E-state index in [2.05, 4.69) is 16.5 Å². The minimum absolute atomic E-state index is 0.0756. The van der Waals surface area contributed by atoms with Gasteiger partial charge in [-0.2, -0.15) is 0 Å². The summed E-state index contributed by atoms with van der Waals surface area (Å²) in [5, 5.41) is 29.7. The molecule has 12 nitrogen and oxygen atoms in total. The number of Topliss-reactive ketones (excluding diaryl/α,β-unsaturated/α-hetero) is 2. The highest BCUT2D eigenvalue weighted by atomic mass is 16.5. The summed E-state index contributed by atoms with van der Waals surface area (Å²) in [6.07, 6.45) is 5.57. The highest BCUT2D eigenvalue weighted by Crippen LogP contribution is 2.52. The van der Waals surface area contributed by atoms with Crippen LogP contribution in [0.25, 0.3) is 38.9 Å². The Morgan fingerprint density at radius 2 is 1.58 bits per heavy atom. The van der Waals surface area contributed by atoms with Crippen LogP contribution < -0.4 is 0 Å². The van der Waals surface area contributed by atoms with Crippen LogP contribution in [0.1, 0.15) is 85.3 Å². The van der Waals surface area contributed by atoms with E-state index in [0.29, 0.717) is 57.2 Å². The highest BCUT2D eigenvalue weighted by Gasteiger charge is 2.51. The molecule has 5 N–H and O–H groups in total. The molecule has 0 radical (unpaired) electrons. The lowest BCUT2D eigenvalue weighted by molar-refractivity contribution is -0.140. The lowest BCUT2D eigenvalue weighted by Crippen LogP contribution is -2.43. The number of aliphatic hydroxyl groups excluding tert-OH is 2. The molecule has 2 aromatic rings. The maximum Gasteiger partial charge on any atom is 0.305 e. The number of carboxylic acid groups (broad SMARTS) is 1. The molecular weight excluding hydrogens is 676 g/mol. The summed E-state index contributed by atoms with van der Waals surface area (Å²) in [5.74, 6) is -3.70. The van der Waals surface area contributed by atoms with Crippen molar-refractivity contribution >= 4 is 62.4 Å². The van der Waals surface area contributed by atoms with Crippen LogP contribution in [0.4, 0.5) is 0 Å². The molecule has 3 aliphatic heterocycles. The number of fused-ring (bicyclic) bond motifs is 11. The van der Waals surface area contributed by atoms with Crippen molar-refractivity contribution in [3.63, 3.8) is 0 Å². The van der Waals surface area contributed by atoms with E-state index >= 15 is 0 Å². The number of aromatic amines is 2. The minimum Gasteiger partial charge on any atom is -0.481 e. The maximum atomic E-state index is 13.6. The van der Waals surface area contributed by atoms with Crippen molar-refractivity contribution in [1.29, 1.82) is 0 Å². The molecule has 53 heavy (non-hydrogen) atoms. The first-order valence-corrected chi connectivity index (χ1v) is 17.3. The molecule has 12 heteroatoms. The van der Waals surface area contributed by atoms with Crippen molar-refractivity contribution in [3.05, 3.63) is 99.9 Å². The first-order chi connectivity index (χ1) is 25.3. The van der Waals surface area contributed by atoms with Gasteiger partial charge in [0.2, 0.25) is 0 Å². The number of esters is 1. The lowest BCUT2D eigenvalue weighted by atomic mass is 9.62.